The average Bonchev–Trinajstić information content (AvgIpc) is 3.02. The normalized spacial score (nSPS) is 12.1. The third-order valence-electron chi connectivity index (χ3n) is 4.11. The Morgan fingerprint density at radius 1 is 1.14 bits per heavy atom. The molecule has 3 aromatic rings. The van der Waals surface area contributed by atoms with Gasteiger partial charge in [-0.05, 0) is 63.1 Å². The van der Waals surface area contributed by atoms with Crippen molar-refractivity contribution in [2.45, 2.75) is 42.6 Å². The SMILES string of the molecule is CC(C)(C)OC(=O)NCCc1coc2cc(S(=O)(=O)c3cccc(Cl)c3)ccc12. The minimum Gasteiger partial charge on any atom is -0.464 e. The summed E-state index contributed by atoms with van der Waals surface area (Å²) in [6.07, 6.45) is 1.60. The Bertz CT molecular complexity index is 1150. The molecule has 1 heterocycles. The van der Waals surface area contributed by atoms with Crippen LogP contribution in [0.2, 0.25) is 5.02 Å². The molecular weight excluding hydrogens is 414 g/mol. The Kier molecular flexibility index (Phi) is 5.91. The second-order valence-electron chi connectivity index (χ2n) is 7.56. The molecule has 0 aliphatic carbocycles. The molecule has 2 aromatic carbocycles. The number of alkyl carbamates (subject to hydrolysis) is 1. The number of hydrogen-bond donors (Lipinski definition) is 1. The number of nitrogens with one attached hydrogen (secondary N) is 1. The van der Waals surface area contributed by atoms with E-state index in [1.807, 2.05) is 0 Å². The summed E-state index contributed by atoms with van der Waals surface area (Å²) in [7, 11) is -3.71. The summed E-state index contributed by atoms with van der Waals surface area (Å²) in [4.78, 5) is 12.0. The Balaban J connectivity index is 1.76. The fourth-order valence-electron chi connectivity index (χ4n) is 2.81. The molecule has 29 heavy (non-hydrogen) atoms. The van der Waals surface area contributed by atoms with Crippen molar-refractivity contribution in [3.05, 3.63) is 59.3 Å². The topological polar surface area (TPSA) is 85.6 Å². The van der Waals surface area contributed by atoms with Crippen molar-refractivity contribution in [2.24, 2.45) is 0 Å². The van der Waals surface area contributed by atoms with Gasteiger partial charge in [0.15, 0.2) is 0 Å². The molecule has 0 saturated heterocycles. The number of rotatable bonds is 5. The summed E-state index contributed by atoms with van der Waals surface area (Å²) in [5.74, 6) is 0. The maximum absolute atomic E-state index is 12.8. The highest BCUT2D eigenvalue weighted by Crippen LogP contribution is 2.28. The number of sulfone groups is 1. The molecule has 154 valence electrons. The zero-order valence-electron chi connectivity index (χ0n) is 16.4. The third kappa shape index (κ3) is 5.10. The van der Waals surface area contributed by atoms with Crippen LogP contribution in [0, 0.1) is 0 Å². The van der Waals surface area contributed by atoms with Crippen molar-refractivity contribution < 1.29 is 22.4 Å². The second kappa shape index (κ2) is 8.08. The summed E-state index contributed by atoms with van der Waals surface area (Å²) < 4.78 is 36.4. The van der Waals surface area contributed by atoms with Crippen molar-refractivity contribution in [2.75, 3.05) is 6.54 Å². The van der Waals surface area contributed by atoms with Crippen molar-refractivity contribution in [1.29, 1.82) is 0 Å². The minimum atomic E-state index is -3.71. The molecule has 1 aromatic heterocycles. The van der Waals surface area contributed by atoms with Gasteiger partial charge in [0.25, 0.3) is 0 Å². The highest BCUT2D eigenvalue weighted by molar-refractivity contribution is 7.91. The monoisotopic (exact) mass is 435 g/mol. The number of halogens is 1. The number of benzene rings is 2. The summed E-state index contributed by atoms with van der Waals surface area (Å²) in [5, 5.41) is 3.84. The number of hydrogen-bond acceptors (Lipinski definition) is 5. The van der Waals surface area contributed by atoms with Crippen LogP contribution in [-0.4, -0.2) is 26.7 Å². The Morgan fingerprint density at radius 2 is 1.86 bits per heavy atom. The number of furan rings is 1. The first kappa shape index (κ1) is 21.2. The molecule has 1 amide bonds. The molecule has 0 saturated carbocycles. The van der Waals surface area contributed by atoms with Gasteiger partial charge in [-0.2, -0.15) is 0 Å². The van der Waals surface area contributed by atoms with Crippen molar-refractivity contribution in [3.63, 3.8) is 0 Å². The highest BCUT2D eigenvalue weighted by Gasteiger charge is 2.20. The van der Waals surface area contributed by atoms with Gasteiger partial charge in [-0.15, -0.1) is 0 Å². The van der Waals surface area contributed by atoms with Gasteiger partial charge in [-0.3, -0.25) is 0 Å². The van der Waals surface area contributed by atoms with Crippen LogP contribution in [0.5, 0.6) is 0 Å². The van der Waals surface area contributed by atoms with E-state index < -0.39 is 21.5 Å². The van der Waals surface area contributed by atoms with E-state index in [1.165, 1.54) is 18.2 Å². The molecule has 0 bridgehead atoms. The standard InChI is InChI=1S/C21H22ClNO5S/c1-21(2,3)28-20(24)23-10-9-14-13-27-19-12-17(7-8-18(14)19)29(25,26)16-6-4-5-15(22)11-16/h4-8,11-13H,9-10H2,1-3H3,(H,23,24). The first-order valence-electron chi connectivity index (χ1n) is 9.04. The fraction of sp³-hybridized carbons (Fsp3) is 0.286. The van der Waals surface area contributed by atoms with Crippen LogP contribution >= 0.6 is 11.6 Å². The summed E-state index contributed by atoms with van der Waals surface area (Å²) in [5.41, 5.74) is 0.764. The van der Waals surface area contributed by atoms with E-state index in [4.69, 9.17) is 20.8 Å². The molecule has 0 spiro atoms. The van der Waals surface area contributed by atoms with Crippen LogP contribution in [0.1, 0.15) is 26.3 Å². The van der Waals surface area contributed by atoms with Gasteiger partial charge < -0.3 is 14.5 Å². The van der Waals surface area contributed by atoms with Gasteiger partial charge in [0, 0.05) is 23.0 Å². The predicted molar refractivity (Wildman–Crippen MR) is 111 cm³/mol. The molecule has 0 unspecified atom stereocenters. The zero-order chi connectivity index (χ0) is 21.2. The summed E-state index contributed by atoms with van der Waals surface area (Å²) >= 11 is 5.92. The second-order valence-corrected chi connectivity index (χ2v) is 9.94. The third-order valence-corrected chi connectivity index (χ3v) is 6.09. The van der Waals surface area contributed by atoms with E-state index in [-0.39, 0.29) is 9.79 Å². The van der Waals surface area contributed by atoms with E-state index in [2.05, 4.69) is 5.32 Å². The van der Waals surface area contributed by atoms with E-state index in [0.717, 1.165) is 10.9 Å². The van der Waals surface area contributed by atoms with Crippen LogP contribution in [0.15, 0.2) is 62.9 Å². The number of fused-ring (bicyclic) bond motifs is 1. The lowest BCUT2D eigenvalue weighted by Gasteiger charge is -2.19. The fourth-order valence-corrected chi connectivity index (χ4v) is 4.38. The lowest BCUT2D eigenvalue weighted by molar-refractivity contribution is 0.0528. The first-order valence-corrected chi connectivity index (χ1v) is 10.9. The zero-order valence-corrected chi connectivity index (χ0v) is 17.9. The van der Waals surface area contributed by atoms with E-state index >= 15 is 0 Å². The average molecular weight is 436 g/mol. The van der Waals surface area contributed by atoms with Crippen molar-refractivity contribution in [1.82, 2.24) is 5.32 Å². The van der Waals surface area contributed by atoms with E-state index in [9.17, 15) is 13.2 Å². The van der Waals surface area contributed by atoms with Crippen molar-refractivity contribution >= 4 is 38.5 Å². The molecule has 1 N–H and O–H groups in total. The molecule has 0 aliphatic rings. The number of carbonyl (C=O) groups is 1. The Labute approximate surface area is 174 Å². The maximum atomic E-state index is 12.8. The molecule has 0 radical (unpaired) electrons. The molecule has 0 atom stereocenters. The molecule has 8 heteroatoms. The lowest BCUT2D eigenvalue weighted by atomic mass is 10.1. The molecular formula is C21H22ClNO5S. The quantitative estimate of drug-likeness (QED) is 0.610. The molecule has 0 fully saturated rings. The van der Waals surface area contributed by atoms with Gasteiger partial charge in [-0.25, -0.2) is 13.2 Å². The van der Waals surface area contributed by atoms with Crippen LogP contribution in [0.25, 0.3) is 11.0 Å². The smallest absolute Gasteiger partial charge is 0.407 e. The molecule has 3 rings (SSSR count). The maximum Gasteiger partial charge on any atom is 0.407 e. The van der Waals surface area contributed by atoms with Crippen LogP contribution < -0.4 is 5.32 Å². The summed E-state index contributed by atoms with van der Waals surface area (Å²) in [6, 6.07) is 10.9. The van der Waals surface area contributed by atoms with Gasteiger partial charge in [0.1, 0.15) is 11.2 Å². The van der Waals surface area contributed by atoms with E-state index in [0.29, 0.717) is 23.6 Å². The molecule has 6 nitrogen and oxygen atoms in total. The lowest BCUT2D eigenvalue weighted by Crippen LogP contribution is -2.33. The minimum absolute atomic E-state index is 0.123. The van der Waals surface area contributed by atoms with Crippen LogP contribution in [0.3, 0.4) is 0 Å². The van der Waals surface area contributed by atoms with Gasteiger partial charge in [0.2, 0.25) is 9.84 Å². The largest absolute Gasteiger partial charge is 0.464 e. The molecule has 0 aliphatic heterocycles. The van der Waals surface area contributed by atoms with Crippen LogP contribution in [0.4, 0.5) is 4.79 Å². The van der Waals surface area contributed by atoms with Crippen LogP contribution in [-0.2, 0) is 21.0 Å². The number of carbonyl (C=O) groups excluding carboxylic acids is 1. The van der Waals surface area contributed by atoms with Gasteiger partial charge >= 0.3 is 6.09 Å². The number of amides is 1. The highest BCUT2D eigenvalue weighted by atomic mass is 35.5. The Hall–Kier alpha value is -2.51. The van der Waals surface area contributed by atoms with Gasteiger partial charge in [0.05, 0.1) is 16.1 Å². The number of ether oxygens (including phenoxy) is 1. The van der Waals surface area contributed by atoms with Crippen molar-refractivity contribution in [3.8, 4) is 0 Å². The Morgan fingerprint density at radius 3 is 2.55 bits per heavy atom. The van der Waals surface area contributed by atoms with E-state index in [1.54, 1.807) is 51.3 Å². The van der Waals surface area contributed by atoms with Gasteiger partial charge in [-0.1, -0.05) is 17.7 Å². The summed E-state index contributed by atoms with van der Waals surface area (Å²) in [6.45, 7) is 5.76. The first-order chi connectivity index (χ1) is 13.6. The predicted octanol–water partition coefficient (Wildman–Crippen LogP) is 4.99.